The molecule has 0 fully saturated rings. The van der Waals surface area contributed by atoms with Gasteiger partial charge in [-0.05, 0) is 32.3 Å². The predicted octanol–water partition coefficient (Wildman–Crippen LogP) is 2.88. The topological polar surface area (TPSA) is 26.3 Å². The van der Waals surface area contributed by atoms with Gasteiger partial charge in [-0.2, -0.15) is 0 Å². The highest BCUT2D eigenvalue weighted by molar-refractivity contribution is 5.69. The Morgan fingerprint density at radius 1 is 1.53 bits per heavy atom. The molecule has 0 aliphatic heterocycles. The lowest BCUT2D eigenvalue weighted by molar-refractivity contribution is -0.143. The Hall–Kier alpha value is -1.31. The van der Waals surface area contributed by atoms with Gasteiger partial charge in [0.05, 0.1) is 7.98 Å². The van der Waals surface area contributed by atoms with Crippen LogP contribution in [0, 0.1) is 6.92 Å². The van der Waals surface area contributed by atoms with Gasteiger partial charge >= 0.3 is 5.97 Å². The van der Waals surface area contributed by atoms with Gasteiger partial charge in [-0.25, -0.2) is 0 Å². The van der Waals surface area contributed by atoms with Crippen LogP contribution in [0.2, 0.25) is 0 Å². The van der Waals surface area contributed by atoms with Crippen molar-refractivity contribution >= 4 is 5.97 Å². The van der Waals surface area contributed by atoms with Crippen LogP contribution in [0.3, 0.4) is 0 Å². The second-order valence-electron chi connectivity index (χ2n) is 3.52. The number of hydrogen-bond acceptors (Lipinski definition) is 2. The number of aryl methyl sites for hydroxylation is 2. The first-order valence-electron chi connectivity index (χ1n) is 5.86. The van der Waals surface area contributed by atoms with E-state index in [2.05, 4.69) is 0 Å². The summed E-state index contributed by atoms with van der Waals surface area (Å²) in [5, 5.41) is 0. The SMILES string of the molecule is [2H]c1c(C)cccc1CCCC(=O)OCC. The third kappa shape index (κ3) is 4.63. The third-order valence-electron chi connectivity index (χ3n) is 2.13. The van der Waals surface area contributed by atoms with E-state index in [1.165, 1.54) is 0 Å². The van der Waals surface area contributed by atoms with E-state index in [4.69, 9.17) is 6.11 Å². The molecule has 1 rings (SSSR count). The summed E-state index contributed by atoms with van der Waals surface area (Å²) < 4.78 is 12.7. The summed E-state index contributed by atoms with van der Waals surface area (Å²) in [6.07, 6.45) is 1.94. The van der Waals surface area contributed by atoms with Gasteiger partial charge in [-0.3, -0.25) is 4.79 Å². The molecular weight excluding hydrogens is 188 g/mol. The van der Waals surface area contributed by atoms with Crippen LogP contribution in [0.5, 0.6) is 0 Å². The summed E-state index contributed by atoms with van der Waals surface area (Å²) in [5.41, 5.74) is 1.98. The highest BCUT2D eigenvalue weighted by Crippen LogP contribution is 2.08. The zero-order chi connectivity index (χ0) is 12.0. The number of benzene rings is 1. The quantitative estimate of drug-likeness (QED) is 0.694. The molecular formula is C13H18O2. The molecule has 1 aromatic rings. The molecule has 0 bridgehead atoms. The molecule has 0 amide bonds. The molecule has 1 aromatic carbocycles. The first-order valence-corrected chi connectivity index (χ1v) is 5.36. The van der Waals surface area contributed by atoms with Crippen LogP contribution < -0.4 is 0 Å². The fraction of sp³-hybridized carbons (Fsp3) is 0.462. The van der Waals surface area contributed by atoms with Gasteiger partial charge in [0.2, 0.25) is 0 Å². The maximum Gasteiger partial charge on any atom is 0.305 e. The molecule has 0 radical (unpaired) electrons. The van der Waals surface area contributed by atoms with E-state index < -0.39 is 0 Å². The molecule has 2 heteroatoms. The summed E-state index contributed by atoms with van der Waals surface area (Å²) in [5.74, 6) is -0.151. The zero-order valence-corrected chi connectivity index (χ0v) is 9.38. The Labute approximate surface area is 92.7 Å². The summed E-state index contributed by atoms with van der Waals surface area (Å²) in [6, 6.07) is 6.41. The molecule has 0 unspecified atom stereocenters. The second kappa shape index (κ2) is 6.23. The Bertz CT molecular complexity index is 361. The highest BCUT2D eigenvalue weighted by Gasteiger charge is 2.01. The largest absolute Gasteiger partial charge is 0.466 e. The molecule has 0 aliphatic rings. The second-order valence-corrected chi connectivity index (χ2v) is 3.52. The number of rotatable bonds is 5. The van der Waals surface area contributed by atoms with Crippen molar-refractivity contribution in [2.45, 2.75) is 33.1 Å². The Morgan fingerprint density at radius 3 is 3.07 bits per heavy atom. The van der Waals surface area contributed by atoms with Crippen molar-refractivity contribution in [2.75, 3.05) is 6.61 Å². The van der Waals surface area contributed by atoms with Crippen LogP contribution in [0.15, 0.2) is 24.2 Å². The molecule has 0 N–H and O–H groups in total. The molecule has 15 heavy (non-hydrogen) atoms. The van der Waals surface area contributed by atoms with Gasteiger partial charge in [0, 0.05) is 6.42 Å². The zero-order valence-electron chi connectivity index (χ0n) is 10.4. The number of carbonyl (C=O) groups excluding carboxylic acids is 1. The standard InChI is InChI=1S/C13H18O2/c1-3-15-13(14)9-5-8-12-7-4-6-11(2)10-12/h4,6-7,10H,3,5,8-9H2,1-2H3/i10D. The van der Waals surface area contributed by atoms with Gasteiger partial charge in [0.15, 0.2) is 0 Å². The van der Waals surface area contributed by atoms with Gasteiger partial charge in [0.1, 0.15) is 0 Å². The lowest BCUT2D eigenvalue weighted by Gasteiger charge is -2.03. The van der Waals surface area contributed by atoms with E-state index in [9.17, 15) is 4.79 Å². The van der Waals surface area contributed by atoms with Crippen molar-refractivity contribution < 1.29 is 10.9 Å². The maximum absolute atomic E-state index is 11.1. The van der Waals surface area contributed by atoms with Crippen molar-refractivity contribution in [3.8, 4) is 0 Å². The first kappa shape index (κ1) is 10.2. The van der Waals surface area contributed by atoms with E-state index in [1.807, 2.05) is 25.1 Å². The fourth-order valence-corrected chi connectivity index (χ4v) is 1.45. The fourth-order valence-electron chi connectivity index (χ4n) is 1.45. The lowest BCUT2D eigenvalue weighted by Crippen LogP contribution is -2.03. The van der Waals surface area contributed by atoms with Gasteiger partial charge in [0.25, 0.3) is 0 Å². The van der Waals surface area contributed by atoms with Gasteiger partial charge in [-0.1, -0.05) is 29.8 Å². The summed E-state index contributed by atoms with van der Waals surface area (Å²) in [4.78, 5) is 11.1. The molecule has 0 atom stereocenters. The summed E-state index contributed by atoms with van der Waals surface area (Å²) >= 11 is 0. The molecule has 0 saturated carbocycles. The van der Waals surface area contributed by atoms with Crippen LogP contribution in [-0.4, -0.2) is 12.6 Å². The maximum atomic E-state index is 11.1. The minimum atomic E-state index is -0.151. The third-order valence-corrected chi connectivity index (χ3v) is 2.13. The molecule has 82 valence electrons. The van der Waals surface area contributed by atoms with Crippen molar-refractivity contribution in [2.24, 2.45) is 0 Å². The van der Waals surface area contributed by atoms with E-state index in [-0.39, 0.29) is 5.97 Å². The molecule has 0 heterocycles. The number of hydrogen-bond donors (Lipinski definition) is 0. The molecule has 0 aliphatic carbocycles. The predicted molar refractivity (Wildman–Crippen MR) is 60.8 cm³/mol. The van der Waals surface area contributed by atoms with E-state index >= 15 is 0 Å². The van der Waals surface area contributed by atoms with Crippen molar-refractivity contribution in [1.82, 2.24) is 0 Å². The van der Waals surface area contributed by atoms with Crippen molar-refractivity contribution in [1.29, 1.82) is 0 Å². The van der Waals surface area contributed by atoms with E-state index in [1.54, 1.807) is 6.92 Å². The number of esters is 1. The van der Waals surface area contributed by atoms with Gasteiger partial charge in [-0.15, -0.1) is 0 Å². The summed E-state index contributed by atoms with van der Waals surface area (Å²) in [7, 11) is 0. The first-order chi connectivity index (χ1) is 7.65. The Morgan fingerprint density at radius 2 is 2.33 bits per heavy atom. The molecule has 0 spiro atoms. The number of carbonyl (C=O) groups is 1. The van der Waals surface area contributed by atoms with Crippen LogP contribution >= 0.6 is 0 Å². The average molecular weight is 207 g/mol. The smallest absolute Gasteiger partial charge is 0.305 e. The summed E-state index contributed by atoms with van der Waals surface area (Å²) in [6.45, 7) is 4.17. The van der Waals surface area contributed by atoms with Crippen LogP contribution in [-0.2, 0) is 16.0 Å². The van der Waals surface area contributed by atoms with Crippen LogP contribution in [0.25, 0.3) is 0 Å². The van der Waals surface area contributed by atoms with Crippen LogP contribution in [0.4, 0.5) is 0 Å². The normalized spacial score (nSPS) is 10.9. The van der Waals surface area contributed by atoms with E-state index in [0.29, 0.717) is 19.1 Å². The molecule has 0 aromatic heterocycles. The van der Waals surface area contributed by atoms with Crippen LogP contribution in [0.1, 0.15) is 32.3 Å². The van der Waals surface area contributed by atoms with Crippen molar-refractivity contribution in [3.63, 3.8) is 0 Å². The lowest BCUT2D eigenvalue weighted by atomic mass is 10.1. The number of ether oxygens (including phenoxy) is 1. The minimum Gasteiger partial charge on any atom is -0.466 e. The average Bonchev–Trinajstić information content (AvgIpc) is 2.25. The van der Waals surface area contributed by atoms with Gasteiger partial charge < -0.3 is 4.74 Å². The highest BCUT2D eigenvalue weighted by atomic mass is 16.5. The monoisotopic (exact) mass is 207 g/mol. The van der Waals surface area contributed by atoms with Crippen molar-refractivity contribution in [3.05, 3.63) is 35.4 Å². The van der Waals surface area contributed by atoms with E-state index in [0.717, 1.165) is 24.0 Å². The Kier molecular flexibility index (Phi) is 4.24. The Balaban J connectivity index is 2.43. The molecule has 0 saturated heterocycles. The minimum absolute atomic E-state index is 0.151. The molecule has 2 nitrogen and oxygen atoms in total.